The molecule has 2 aromatic heterocycles. The number of nitrogens with one attached hydrogen (secondary N) is 1. The molecule has 0 aliphatic heterocycles. The molecule has 0 atom stereocenters. The number of furan rings is 1. The molecule has 94 valence electrons. The lowest BCUT2D eigenvalue weighted by molar-refractivity contribution is -0.136. The predicted octanol–water partition coefficient (Wildman–Crippen LogP) is 1.46. The van der Waals surface area contributed by atoms with Crippen LogP contribution in [0.4, 0.5) is 6.01 Å². The molecule has 0 saturated heterocycles. The van der Waals surface area contributed by atoms with Crippen LogP contribution in [0.2, 0.25) is 0 Å². The van der Waals surface area contributed by atoms with E-state index in [4.69, 9.17) is 13.9 Å². The third-order valence-corrected chi connectivity index (χ3v) is 2.17. The molecule has 18 heavy (non-hydrogen) atoms. The highest BCUT2D eigenvalue weighted by Crippen LogP contribution is 2.16. The zero-order valence-corrected chi connectivity index (χ0v) is 9.47. The van der Waals surface area contributed by atoms with Crippen molar-refractivity contribution in [3.63, 3.8) is 0 Å². The largest absolute Gasteiger partial charge is 0.481 e. The van der Waals surface area contributed by atoms with Gasteiger partial charge in [-0.05, 0) is 19.1 Å². The van der Waals surface area contributed by atoms with Gasteiger partial charge in [-0.25, -0.2) is 0 Å². The van der Waals surface area contributed by atoms with Gasteiger partial charge in [0.1, 0.15) is 12.2 Å². The fourth-order valence-corrected chi connectivity index (χ4v) is 1.35. The Kier molecular flexibility index (Phi) is 3.13. The number of aromatic nitrogens is 1. The summed E-state index contributed by atoms with van der Waals surface area (Å²) in [6.45, 7) is 1.60. The fourth-order valence-electron chi connectivity index (χ4n) is 1.35. The van der Waals surface area contributed by atoms with E-state index in [0.717, 1.165) is 0 Å². The topological polar surface area (TPSA) is 106 Å². The summed E-state index contributed by atoms with van der Waals surface area (Å²) in [5.41, 5.74) is 0.423. The quantitative estimate of drug-likeness (QED) is 0.850. The average Bonchev–Trinajstić information content (AvgIpc) is 2.89. The number of aryl methyl sites for hydroxylation is 1. The van der Waals surface area contributed by atoms with E-state index in [1.54, 1.807) is 13.0 Å². The summed E-state index contributed by atoms with van der Waals surface area (Å²) >= 11 is 0. The number of carboxylic acid groups (broad SMARTS) is 1. The van der Waals surface area contributed by atoms with Gasteiger partial charge in [-0.15, -0.1) is 0 Å². The maximum atomic E-state index is 11.6. The number of nitrogens with zero attached hydrogens (tertiary/aromatic N) is 1. The Labute approximate surface area is 101 Å². The minimum absolute atomic E-state index is 0.0508. The third-order valence-electron chi connectivity index (χ3n) is 2.17. The van der Waals surface area contributed by atoms with Crippen molar-refractivity contribution in [3.05, 3.63) is 35.6 Å². The maximum Gasteiger partial charge on any atom is 0.311 e. The minimum Gasteiger partial charge on any atom is -0.481 e. The van der Waals surface area contributed by atoms with Gasteiger partial charge in [0.05, 0.1) is 12.0 Å². The highest BCUT2D eigenvalue weighted by molar-refractivity contribution is 6.00. The van der Waals surface area contributed by atoms with Gasteiger partial charge in [-0.3, -0.25) is 14.9 Å². The van der Waals surface area contributed by atoms with E-state index in [2.05, 4.69) is 10.3 Å². The summed E-state index contributed by atoms with van der Waals surface area (Å²) in [6.07, 6.45) is 1.08. The molecule has 1 amide bonds. The van der Waals surface area contributed by atoms with E-state index in [-0.39, 0.29) is 24.0 Å². The van der Waals surface area contributed by atoms with Gasteiger partial charge in [0.25, 0.3) is 5.91 Å². The van der Waals surface area contributed by atoms with Crippen molar-refractivity contribution in [1.82, 2.24) is 4.98 Å². The fraction of sp³-hybridized carbons (Fsp3) is 0.182. The molecule has 0 radical (unpaired) electrons. The van der Waals surface area contributed by atoms with E-state index >= 15 is 0 Å². The molecule has 0 saturated carbocycles. The number of amides is 1. The molecular weight excluding hydrogens is 240 g/mol. The lowest BCUT2D eigenvalue weighted by atomic mass is 10.3. The number of carbonyl (C=O) groups is 2. The van der Waals surface area contributed by atoms with Crippen molar-refractivity contribution >= 4 is 17.9 Å². The van der Waals surface area contributed by atoms with Crippen LogP contribution >= 0.6 is 0 Å². The maximum absolute atomic E-state index is 11.6. The minimum atomic E-state index is -1.03. The molecule has 0 aliphatic carbocycles. The summed E-state index contributed by atoms with van der Waals surface area (Å²) in [5.74, 6) is -1.22. The molecule has 7 nitrogen and oxygen atoms in total. The number of carboxylic acids is 1. The molecule has 2 heterocycles. The van der Waals surface area contributed by atoms with Gasteiger partial charge in [0.2, 0.25) is 0 Å². The van der Waals surface area contributed by atoms with Crippen LogP contribution in [0.25, 0.3) is 0 Å². The molecule has 7 heteroatoms. The first kappa shape index (κ1) is 11.9. The second-order valence-electron chi connectivity index (χ2n) is 3.53. The molecule has 0 fully saturated rings. The number of hydrogen-bond donors (Lipinski definition) is 2. The van der Waals surface area contributed by atoms with Crippen LogP contribution in [-0.4, -0.2) is 22.0 Å². The number of rotatable bonds is 4. The molecule has 0 aliphatic rings. The van der Waals surface area contributed by atoms with Crippen molar-refractivity contribution in [1.29, 1.82) is 0 Å². The van der Waals surface area contributed by atoms with Crippen LogP contribution in [-0.2, 0) is 11.2 Å². The Bertz CT molecular complexity index is 570. The predicted molar refractivity (Wildman–Crippen MR) is 59.2 cm³/mol. The molecule has 0 aromatic carbocycles. The van der Waals surface area contributed by atoms with Crippen molar-refractivity contribution in [2.45, 2.75) is 13.3 Å². The summed E-state index contributed by atoms with van der Waals surface area (Å²) in [5, 5.41) is 11.0. The van der Waals surface area contributed by atoms with Crippen LogP contribution in [0.3, 0.4) is 0 Å². The van der Waals surface area contributed by atoms with Crippen LogP contribution in [0.5, 0.6) is 0 Å². The van der Waals surface area contributed by atoms with Crippen LogP contribution < -0.4 is 5.32 Å². The highest BCUT2D eigenvalue weighted by atomic mass is 16.4. The SMILES string of the molecule is Cc1nc(NC(=O)c2ccco2)oc1CC(=O)O. The van der Waals surface area contributed by atoms with E-state index in [1.165, 1.54) is 12.3 Å². The first-order valence-electron chi connectivity index (χ1n) is 5.09. The van der Waals surface area contributed by atoms with Gasteiger partial charge in [0.15, 0.2) is 5.76 Å². The number of anilines is 1. The average molecular weight is 250 g/mol. The Balaban J connectivity index is 2.11. The second-order valence-corrected chi connectivity index (χ2v) is 3.53. The lowest BCUT2D eigenvalue weighted by Crippen LogP contribution is -2.10. The Morgan fingerprint density at radius 2 is 2.28 bits per heavy atom. The normalized spacial score (nSPS) is 10.3. The van der Waals surface area contributed by atoms with Gasteiger partial charge in [-0.2, -0.15) is 4.98 Å². The van der Waals surface area contributed by atoms with Gasteiger partial charge < -0.3 is 13.9 Å². The van der Waals surface area contributed by atoms with Gasteiger partial charge in [0, 0.05) is 0 Å². The van der Waals surface area contributed by atoms with E-state index in [9.17, 15) is 9.59 Å². The Morgan fingerprint density at radius 3 is 2.89 bits per heavy atom. The van der Waals surface area contributed by atoms with Crippen molar-refractivity contribution in [2.24, 2.45) is 0 Å². The standard InChI is InChI=1S/C11H10N2O5/c1-6-8(5-9(14)15)18-11(12-6)13-10(16)7-3-2-4-17-7/h2-4H,5H2,1H3,(H,14,15)(H,12,13,16). The zero-order chi connectivity index (χ0) is 13.1. The van der Waals surface area contributed by atoms with E-state index in [1.807, 2.05) is 0 Å². The smallest absolute Gasteiger partial charge is 0.311 e. The first-order valence-corrected chi connectivity index (χ1v) is 5.09. The molecular formula is C11H10N2O5. The number of carbonyl (C=O) groups excluding carboxylic acids is 1. The van der Waals surface area contributed by atoms with E-state index < -0.39 is 11.9 Å². The van der Waals surface area contributed by atoms with Gasteiger partial charge in [-0.1, -0.05) is 0 Å². The van der Waals surface area contributed by atoms with Crippen molar-refractivity contribution < 1.29 is 23.5 Å². The zero-order valence-electron chi connectivity index (χ0n) is 9.47. The molecule has 0 spiro atoms. The highest BCUT2D eigenvalue weighted by Gasteiger charge is 2.16. The van der Waals surface area contributed by atoms with Crippen molar-refractivity contribution in [2.75, 3.05) is 5.32 Å². The molecule has 2 N–H and O–H groups in total. The summed E-state index contributed by atoms with van der Waals surface area (Å²) < 4.78 is 10.0. The second kappa shape index (κ2) is 4.74. The first-order chi connectivity index (χ1) is 8.56. The monoisotopic (exact) mass is 250 g/mol. The molecule has 2 rings (SSSR count). The van der Waals surface area contributed by atoms with Crippen LogP contribution in [0, 0.1) is 6.92 Å². The van der Waals surface area contributed by atoms with E-state index in [0.29, 0.717) is 5.69 Å². The summed E-state index contributed by atoms with van der Waals surface area (Å²) in [6, 6.07) is 3.01. The number of hydrogen-bond acceptors (Lipinski definition) is 5. The molecule has 0 bridgehead atoms. The van der Waals surface area contributed by atoms with Crippen LogP contribution in [0.15, 0.2) is 27.2 Å². The Morgan fingerprint density at radius 1 is 1.50 bits per heavy atom. The number of oxazole rings is 1. The lowest BCUT2D eigenvalue weighted by Gasteiger charge is -1.96. The third kappa shape index (κ3) is 2.57. The Hall–Kier alpha value is -2.57. The molecule has 2 aromatic rings. The van der Waals surface area contributed by atoms with Crippen molar-refractivity contribution in [3.8, 4) is 0 Å². The summed E-state index contributed by atoms with van der Waals surface area (Å²) in [7, 11) is 0. The van der Waals surface area contributed by atoms with Crippen LogP contribution in [0.1, 0.15) is 22.0 Å². The summed E-state index contributed by atoms with van der Waals surface area (Å²) in [4.78, 5) is 26.1. The van der Waals surface area contributed by atoms with Gasteiger partial charge >= 0.3 is 12.0 Å². The molecule has 0 unspecified atom stereocenters. The number of aliphatic carboxylic acids is 1.